The van der Waals surface area contributed by atoms with Gasteiger partial charge in [-0.05, 0) is 59.0 Å². The van der Waals surface area contributed by atoms with E-state index in [9.17, 15) is 0 Å². The van der Waals surface area contributed by atoms with Crippen LogP contribution in [0.2, 0.25) is 0 Å². The highest BCUT2D eigenvalue weighted by Crippen LogP contribution is 2.39. The van der Waals surface area contributed by atoms with Gasteiger partial charge in [0.1, 0.15) is 5.60 Å². The summed E-state index contributed by atoms with van der Waals surface area (Å²) in [5.41, 5.74) is 0.0611. The fourth-order valence-corrected chi connectivity index (χ4v) is 2.50. The second-order valence-corrected chi connectivity index (χ2v) is 5.89. The lowest BCUT2D eigenvalue weighted by atomic mass is 9.77. The summed E-state index contributed by atoms with van der Waals surface area (Å²) in [5, 5.41) is 7.81. The molecule has 1 aliphatic carbocycles. The minimum Gasteiger partial charge on any atom is -0.484 e. The van der Waals surface area contributed by atoms with Crippen LogP contribution in [-0.4, -0.2) is 28.5 Å². The first-order valence-corrected chi connectivity index (χ1v) is 7.59. The van der Waals surface area contributed by atoms with Gasteiger partial charge in [-0.2, -0.15) is 5.10 Å². The van der Waals surface area contributed by atoms with Crippen LogP contribution in [0.5, 0.6) is 5.75 Å². The van der Waals surface area contributed by atoms with Gasteiger partial charge in [0.15, 0.2) is 5.75 Å². The number of hydrogen-bond acceptors (Lipinski definition) is 3. The third-order valence-electron chi connectivity index (χ3n) is 3.89. The second kappa shape index (κ2) is 6.42. The summed E-state index contributed by atoms with van der Waals surface area (Å²) in [6, 6.07) is 0.390. The molecule has 1 heterocycles. The zero-order valence-electron chi connectivity index (χ0n) is 12.5. The van der Waals surface area contributed by atoms with Gasteiger partial charge in [-0.1, -0.05) is 6.92 Å². The van der Waals surface area contributed by atoms with Crippen molar-refractivity contribution < 1.29 is 4.74 Å². The number of ether oxygens (including phenoxy) is 1. The summed E-state index contributed by atoms with van der Waals surface area (Å²) in [6.07, 6.45) is 9.78. The quantitative estimate of drug-likeness (QED) is 0.734. The van der Waals surface area contributed by atoms with E-state index in [-0.39, 0.29) is 5.60 Å². The monoisotopic (exact) mass is 265 g/mol. The van der Waals surface area contributed by atoms with Crippen molar-refractivity contribution >= 4 is 0 Å². The Morgan fingerprint density at radius 1 is 1.42 bits per heavy atom. The van der Waals surface area contributed by atoms with Crippen molar-refractivity contribution in [2.75, 3.05) is 13.1 Å². The highest BCUT2D eigenvalue weighted by atomic mass is 16.5. The number of nitrogens with one attached hydrogen (secondary N) is 1. The molecule has 0 saturated heterocycles. The molecule has 0 aliphatic heterocycles. The number of nitrogens with zero attached hydrogens (tertiary/aromatic N) is 2. The average molecular weight is 265 g/mol. The van der Waals surface area contributed by atoms with E-state index in [0.29, 0.717) is 6.04 Å². The SMILES string of the molecule is CCCNCCC1(Oc2cnn(C(C)C)c2)CCC1. The molecule has 2 rings (SSSR count). The van der Waals surface area contributed by atoms with Gasteiger partial charge in [0.25, 0.3) is 0 Å². The molecular formula is C15H27N3O. The minimum absolute atomic E-state index is 0.0611. The van der Waals surface area contributed by atoms with Gasteiger partial charge in [-0.15, -0.1) is 0 Å². The fourth-order valence-electron chi connectivity index (χ4n) is 2.50. The van der Waals surface area contributed by atoms with Gasteiger partial charge in [0, 0.05) is 6.04 Å². The predicted molar refractivity (Wildman–Crippen MR) is 77.6 cm³/mol. The molecule has 0 atom stereocenters. The molecule has 0 unspecified atom stereocenters. The maximum Gasteiger partial charge on any atom is 0.158 e. The van der Waals surface area contributed by atoms with Gasteiger partial charge in [-0.25, -0.2) is 0 Å². The van der Waals surface area contributed by atoms with E-state index < -0.39 is 0 Å². The molecule has 0 bridgehead atoms. The van der Waals surface area contributed by atoms with E-state index in [2.05, 4.69) is 31.2 Å². The summed E-state index contributed by atoms with van der Waals surface area (Å²) in [6.45, 7) is 8.60. The van der Waals surface area contributed by atoms with Gasteiger partial charge in [-0.3, -0.25) is 4.68 Å². The summed E-state index contributed by atoms with van der Waals surface area (Å²) in [5.74, 6) is 0.920. The van der Waals surface area contributed by atoms with Crippen LogP contribution in [0.4, 0.5) is 0 Å². The molecule has 108 valence electrons. The largest absolute Gasteiger partial charge is 0.484 e. The van der Waals surface area contributed by atoms with Crippen LogP contribution < -0.4 is 10.1 Å². The second-order valence-electron chi connectivity index (χ2n) is 5.89. The molecule has 0 spiro atoms. The summed E-state index contributed by atoms with van der Waals surface area (Å²) in [7, 11) is 0. The Labute approximate surface area is 116 Å². The van der Waals surface area contributed by atoms with Crippen LogP contribution >= 0.6 is 0 Å². The predicted octanol–water partition coefficient (Wildman–Crippen LogP) is 3.16. The van der Waals surface area contributed by atoms with Crippen molar-refractivity contribution in [3.05, 3.63) is 12.4 Å². The Hall–Kier alpha value is -1.03. The van der Waals surface area contributed by atoms with Crippen molar-refractivity contribution in [3.63, 3.8) is 0 Å². The normalized spacial score (nSPS) is 17.5. The first-order chi connectivity index (χ1) is 9.15. The van der Waals surface area contributed by atoms with Crippen LogP contribution in [0.15, 0.2) is 12.4 Å². The number of aromatic nitrogens is 2. The van der Waals surface area contributed by atoms with Crippen LogP contribution in [0.25, 0.3) is 0 Å². The standard InChI is InChI=1S/C15H27N3O/c1-4-9-16-10-8-15(6-5-7-15)19-14-11-17-18(12-14)13(2)3/h11-13,16H,4-10H2,1-3H3. The van der Waals surface area contributed by atoms with Crippen LogP contribution in [-0.2, 0) is 0 Å². The van der Waals surface area contributed by atoms with Crippen LogP contribution in [0.3, 0.4) is 0 Å². The Morgan fingerprint density at radius 3 is 2.74 bits per heavy atom. The maximum atomic E-state index is 6.23. The van der Waals surface area contributed by atoms with E-state index in [4.69, 9.17) is 4.74 Å². The van der Waals surface area contributed by atoms with Crippen molar-refractivity contribution in [3.8, 4) is 5.75 Å². The van der Waals surface area contributed by atoms with E-state index in [0.717, 1.165) is 25.3 Å². The number of rotatable bonds is 8. The molecule has 1 aromatic heterocycles. The Balaban J connectivity index is 1.86. The highest BCUT2D eigenvalue weighted by Gasteiger charge is 2.39. The van der Waals surface area contributed by atoms with Gasteiger partial charge < -0.3 is 10.1 Å². The molecule has 1 aromatic rings. The van der Waals surface area contributed by atoms with Crippen molar-refractivity contribution in [2.45, 2.75) is 64.5 Å². The Kier molecular flexibility index (Phi) is 4.86. The van der Waals surface area contributed by atoms with Gasteiger partial charge >= 0.3 is 0 Å². The van der Waals surface area contributed by atoms with Gasteiger partial charge in [0.05, 0.1) is 12.4 Å². The third-order valence-corrected chi connectivity index (χ3v) is 3.89. The topological polar surface area (TPSA) is 39.1 Å². The highest BCUT2D eigenvalue weighted by molar-refractivity contribution is 5.15. The lowest BCUT2D eigenvalue weighted by Crippen LogP contribution is -2.45. The lowest BCUT2D eigenvalue weighted by molar-refractivity contribution is -0.0142. The molecule has 0 amide bonds. The Bertz CT molecular complexity index is 382. The molecular weight excluding hydrogens is 238 g/mol. The molecule has 0 radical (unpaired) electrons. The zero-order chi connectivity index (χ0) is 13.7. The molecule has 1 N–H and O–H groups in total. The Morgan fingerprint density at radius 2 is 2.21 bits per heavy atom. The molecule has 0 aromatic carbocycles. The van der Waals surface area contributed by atoms with Gasteiger partial charge in [0.2, 0.25) is 0 Å². The van der Waals surface area contributed by atoms with E-state index >= 15 is 0 Å². The lowest BCUT2D eigenvalue weighted by Gasteiger charge is -2.41. The molecule has 1 saturated carbocycles. The van der Waals surface area contributed by atoms with Crippen molar-refractivity contribution in [1.82, 2.24) is 15.1 Å². The van der Waals surface area contributed by atoms with Crippen LogP contribution in [0, 0.1) is 0 Å². The molecule has 4 heteroatoms. The maximum absolute atomic E-state index is 6.23. The smallest absolute Gasteiger partial charge is 0.158 e. The summed E-state index contributed by atoms with van der Waals surface area (Å²) >= 11 is 0. The summed E-state index contributed by atoms with van der Waals surface area (Å²) in [4.78, 5) is 0. The number of hydrogen-bond donors (Lipinski definition) is 1. The third kappa shape index (κ3) is 3.72. The van der Waals surface area contributed by atoms with Crippen molar-refractivity contribution in [2.24, 2.45) is 0 Å². The fraction of sp³-hybridized carbons (Fsp3) is 0.800. The molecule has 19 heavy (non-hydrogen) atoms. The van der Waals surface area contributed by atoms with E-state index in [1.54, 1.807) is 0 Å². The first kappa shape index (κ1) is 14.4. The molecule has 4 nitrogen and oxygen atoms in total. The molecule has 1 fully saturated rings. The van der Waals surface area contributed by atoms with Crippen molar-refractivity contribution in [1.29, 1.82) is 0 Å². The van der Waals surface area contributed by atoms with E-state index in [1.807, 2.05) is 17.1 Å². The first-order valence-electron chi connectivity index (χ1n) is 7.59. The summed E-state index contributed by atoms with van der Waals surface area (Å²) < 4.78 is 8.18. The average Bonchev–Trinajstić information content (AvgIpc) is 2.79. The zero-order valence-corrected chi connectivity index (χ0v) is 12.5. The molecule has 1 aliphatic rings. The van der Waals surface area contributed by atoms with Crippen LogP contribution in [0.1, 0.15) is 58.9 Å². The van der Waals surface area contributed by atoms with E-state index in [1.165, 1.54) is 25.7 Å². The minimum atomic E-state index is 0.0611.